The Bertz CT molecular complexity index is 1040. The van der Waals surface area contributed by atoms with Crippen molar-refractivity contribution < 1.29 is 0 Å². The van der Waals surface area contributed by atoms with Gasteiger partial charge in [-0.1, -0.05) is 12.1 Å². The summed E-state index contributed by atoms with van der Waals surface area (Å²) < 4.78 is 1.87. The molecule has 4 aromatic heterocycles. The Balaban J connectivity index is 1.65. The maximum absolute atomic E-state index is 4.81. The number of aromatic nitrogens is 6. The molecule has 0 aliphatic rings. The lowest BCUT2D eigenvalue weighted by Gasteiger charge is -2.05. The first-order chi connectivity index (χ1) is 13.2. The van der Waals surface area contributed by atoms with Crippen molar-refractivity contribution in [2.24, 2.45) is 0 Å². The van der Waals surface area contributed by atoms with Crippen LogP contribution in [0, 0.1) is 13.8 Å². The number of hydrogen-bond donors (Lipinski definition) is 0. The zero-order chi connectivity index (χ0) is 18.6. The first-order valence-corrected chi connectivity index (χ1v) is 9.74. The van der Waals surface area contributed by atoms with E-state index in [1.54, 1.807) is 17.5 Å². The highest BCUT2D eigenvalue weighted by Gasteiger charge is 2.14. The van der Waals surface area contributed by atoms with Gasteiger partial charge in [-0.15, -0.1) is 16.4 Å². The maximum Gasteiger partial charge on any atom is 0.155 e. The highest BCUT2D eigenvalue weighted by Crippen LogP contribution is 2.17. The van der Waals surface area contributed by atoms with Gasteiger partial charge in [-0.2, -0.15) is 4.68 Å². The van der Waals surface area contributed by atoms with E-state index in [0.29, 0.717) is 6.42 Å². The Kier molecular flexibility index (Phi) is 5.02. The predicted octanol–water partition coefficient (Wildman–Crippen LogP) is 3.51. The fraction of sp³-hybridized carbons (Fsp3) is 0.250. The van der Waals surface area contributed by atoms with Gasteiger partial charge in [0.25, 0.3) is 0 Å². The Morgan fingerprint density at radius 1 is 1.04 bits per heavy atom. The standard InChI is InChI=1S/C20H20N6S/c1-14-5-3-7-19(23-14)26-20(9-8-17-15(2)22-13-27-17)24-18(25-26)11-16-6-4-10-21-12-16/h3-7,10,12-13H,8-9,11H2,1-2H3. The summed E-state index contributed by atoms with van der Waals surface area (Å²) in [5.74, 6) is 2.50. The Morgan fingerprint density at radius 2 is 1.96 bits per heavy atom. The summed E-state index contributed by atoms with van der Waals surface area (Å²) in [6.07, 6.45) is 5.96. The van der Waals surface area contributed by atoms with Crippen LogP contribution >= 0.6 is 11.3 Å². The average molecular weight is 376 g/mol. The zero-order valence-corrected chi connectivity index (χ0v) is 16.1. The molecule has 0 spiro atoms. The third-order valence-electron chi connectivity index (χ3n) is 4.31. The summed E-state index contributed by atoms with van der Waals surface area (Å²) in [6.45, 7) is 4.03. The fourth-order valence-electron chi connectivity index (χ4n) is 2.94. The highest BCUT2D eigenvalue weighted by molar-refractivity contribution is 7.09. The molecule has 4 heterocycles. The lowest BCUT2D eigenvalue weighted by atomic mass is 10.2. The molecule has 27 heavy (non-hydrogen) atoms. The van der Waals surface area contributed by atoms with E-state index in [0.717, 1.165) is 47.3 Å². The smallest absolute Gasteiger partial charge is 0.155 e. The predicted molar refractivity (Wildman–Crippen MR) is 105 cm³/mol. The van der Waals surface area contributed by atoms with Gasteiger partial charge in [0.15, 0.2) is 11.6 Å². The van der Waals surface area contributed by atoms with E-state index < -0.39 is 0 Å². The number of hydrogen-bond acceptors (Lipinski definition) is 6. The normalized spacial score (nSPS) is 11.0. The minimum Gasteiger partial charge on any atom is -0.264 e. The molecule has 0 atom stereocenters. The molecule has 0 aliphatic carbocycles. The molecule has 0 radical (unpaired) electrons. The van der Waals surface area contributed by atoms with E-state index in [9.17, 15) is 0 Å². The molecule has 136 valence electrons. The van der Waals surface area contributed by atoms with Gasteiger partial charge in [0.1, 0.15) is 5.82 Å². The number of nitrogens with zero attached hydrogens (tertiary/aromatic N) is 6. The van der Waals surface area contributed by atoms with Crippen molar-refractivity contribution in [2.45, 2.75) is 33.1 Å². The van der Waals surface area contributed by atoms with Crippen LogP contribution in [-0.4, -0.2) is 29.7 Å². The van der Waals surface area contributed by atoms with Gasteiger partial charge >= 0.3 is 0 Å². The van der Waals surface area contributed by atoms with Crippen LogP contribution < -0.4 is 0 Å². The first kappa shape index (κ1) is 17.5. The minimum absolute atomic E-state index is 0.652. The van der Waals surface area contributed by atoms with Crippen LogP contribution in [0.15, 0.2) is 48.2 Å². The number of aryl methyl sites for hydroxylation is 4. The van der Waals surface area contributed by atoms with E-state index in [1.165, 1.54) is 4.88 Å². The van der Waals surface area contributed by atoms with Crippen LogP contribution in [0.4, 0.5) is 0 Å². The van der Waals surface area contributed by atoms with Gasteiger partial charge in [-0.05, 0) is 44.0 Å². The molecule has 0 saturated heterocycles. The Labute approximate surface area is 162 Å². The average Bonchev–Trinajstić information content (AvgIpc) is 3.27. The second kappa shape index (κ2) is 7.75. The number of rotatable bonds is 6. The van der Waals surface area contributed by atoms with Crippen LogP contribution in [0.2, 0.25) is 0 Å². The van der Waals surface area contributed by atoms with Crippen molar-refractivity contribution in [3.63, 3.8) is 0 Å². The molecule has 4 rings (SSSR count). The molecule has 7 heteroatoms. The van der Waals surface area contributed by atoms with E-state index in [2.05, 4.69) is 15.0 Å². The van der Waals surface area contributed by atoms with Crippen LogP contribution in [0.1, 0.15) is 33.5 Å². The minimum atomic E-state index is 0.652. The molecular formula is C20H20N6S. The van der Waals surface area contributed by atoms with Crippen molar-refractivity contribution in [2.75, 3.05) is 0 Å². The summed E-state index contributed by atoms with van der Waals surface area (Å²) in [7, 11) is 0. The van der Waals surface area contributed by atoms with Gasteiger partial charge < -0.3 is 0 Å². The van der Waals surface area contributed by atoms with E-state index >= 15 is 0 Å². The number of pyridine rings is 2. The highest BCUT2D eigenvalue weighted by atomic mass is 32.1. The van der Waals surface area contributed by atoms with Crippen LogP contribution in [0.25, 0.3) is 5.82 Å². The molecule has 0 bridgehead atoms. The van der Waals surface area contributed by atoms with Crippen molar-refractivity contribution in [3.8, 4) is 5.82 Å². The summed E-state index contributed by atoms with van der Waals surface area (Å²) in [5, 5.41) is 4.74. The Morgan fingerprint density at radius 3 is 2.70 bits per heavy atom. The van der Waals surface area contributed by atoms with Crippen molar-refractivity contribution in [3.05, 3.63) is 81.7 Å². The van der Waals surface area contributed by atoms with Crippen molar-refractivity contribution in [1.82, 2.24) is 29.7 Å². The molecule has 0 amide bonds. The van der Waals surface area contributed by atoms with E-state index in [1.807, 2.05) is 60.6 Å². The molecule has 0 saturated carbocycles. The molecule has 0 N–H and O–H groups in total. The lowest BCUT2D eigenvalue weighted by Crippen LogP contribution is -2.07. The lowest BCUT2D eigenvalue weighted by molar-refractivity contribution is 0.747. The van der Waals surface area contributed by atoms with E-state index in [4.69, 9.17) is 10.1 Å². The third-order valence-corrected chi connectivity index (χ3v) is 5.31. The monoisotopic (exact) mass is 376 g/mol. The first-order valence-electron chi connectivity index (χ1n) is 8.86. The second-order valence-corrected chi connectivity index (χ2v) is 7.33. The molecule has 4 aromatic rings. The largest absolute Gasteiger partial charge is 0.264 e. The molecule has 0 unspecified atom stereocenters. The number of thiazole rings is 1. The van der Waals surface area contributed by atoms with Gasteiger partial charge in [0.05, 0.1) is 11.2 Å². The summed E-state index contributed by atoms with van der Waals surface area (Å²) >= 11 is 1.69. The molecular weight excluding hydrogens is 356 g/mol. The van der Waals surface area contributed by atoms with Crippen molar-refractivity contribution in [1.29, 1.82) is 0 Å². The maximum atomic E-state index is 4.81. The van der Waals surface area contributed by atoms with Crippen LogP contribution in [0.3, 0.4) is 0 Å². The summed E-state index contributed by atoms with van der Waals surface area (Å²) in [5.41, 5.74) is 5.04. The molecule has 0 fully saturated rings. The molecule has 0 aromatic carbocycles. The van der Waals surface area contributed by atoms with Crippen LogP contribution in [-0.2, 0) is 19.3 Å². The van der Waals surface area contributed by atoms with Gasteiger partial charge in [-0.25, -0.2) is 15.0 Å². The fourth-order valence-corrected chi connectivity index (χ4v) is 3.72. The summed E-state index contributed by atoms with van der Waals surface area (Å²) in [4.78, 5) is 19.2. The Hall–Kier alpha value is -2.93. The zero-order valence-electron chi connectivity index (χ0n) is 15.3. The summed E-state index contributed by atoms with van der Waals surface area (Å²) in [6, 6.07) is 9.92. The van der Waals surface area contributed by atoms with Gasteiger partial charge in [0, 0.05) is 35.8 Å². The molecule has 6 nitrogen and oxygen atoms in total. The second-order valence-electron chi connectivity index (χ2n) is 6.39. The quantitative estimate of drug-likeness (QED) is 0.515. The van der Waals surface area contributed by atoms with Gasteiger partial charge in [-0.3, -0.25) is 4.98 Å². The van der Waals surface area contributed by atoms with Crippen LogP contribution in [0.5, 0.6) is 0 Å². The van der Waals surface area contributed by atoms with Gasteiger partial charge in [0.2, 0.25) is 0 Å². The SMILES string of the molecule is Cc1cccc(-n2nc(Cc3cccnc3)nc2CCc2scnc2C)n1. The molecule has 0 aliphatic heterocycles. The van der Waals surface area contributed by atoms with Crippen molar-refractivity contribution >= 4 is 11.3 Å². The van der Waals surface area contributed by atoms with E-state index in [-0.39, 0.29) is 0 Å². The third kappa shape index (κ3) is 4.09. The topological polar surface area (TPSA) is 69.4 Å².